The van der Waals surface area contributed by atoms with Crippen LogP contribution in [0.4, 0.5) is 0 Å². The number of rotatable bonds is 4. The second kappa shape index (κ2) is 3.53. The van der Waals surface area contributed by atoms with E-state index in [1.807, 2.05) is 6.92 Å². The van der Waals surface area contributed by atoms with Crippen LogP contribution in [-0.2, 0) is 10.2 Å². The van der Waals surface area contributed by atoms with Crippen molar-refractivity contribution in [2.45, 2.75) is 25.4 Å². The predicted octanol–water partition coefficient (Wildman–Crippen LogP) is -0.703. The Morgan fingerprint density at radius 3 is 2.46 bits per heavy atom. The van der Waals surface area contributed by atoms with Crippen molar-refractivity contribution in [2.24, 2.45) is 0 Å². The number of β-amino-alcohol motifs (C(OH)–C–C–N with tert-alkyl or cyclic N) is 1. The van der Waals surface area contributed by atoms with Crippen LogP contribution in [0.25, 0.3) is 0 Å². The minimum absolute atomic E-state index is 0.212. The standard InChI is InChI=1S/C7H16N2O3S/c1-3-4-7(10)5-9(6-7)13(11,12)8-2/h8,10H,3-6H2,1-2H3. The first-order valence-corrected chi connectivity index (χ1v) is 5.78. The quantitative estimate of drug-likeness (QED) is 0.641. The largest absolute Gasteiger partial charge is 0.387 e. The van der Waals surface area contributed by atoms with E-state index in [2.05, 4.69) is 4.72 Å². The SMILES string of the molecule is CCCC1(O)CN(S(=O)(=O)NC)C1. The Labute approximate surface area is 78.9 Å². The summed E-state index contributed by atoms with van der Waals surface area (Å²) in [5.41, 5.74) is -0.793. The lowest BCUT2D eigenvalue weighted by atomic mass is 9.92. The highest BCUT2D eigenvalue weighted by Gasteiger charge is 2.45. The first-order chi connectivity index (χ1) is 5.93. The molecule has 0 aromatic carbocycles. The van der Waals surface area contributed by atoms with Gasteiger partial charge in [0, 0.05) is 20.1 Å². The topological polar surface area (TPSA) is 69.6 Å². The van der Waals surface area contributed by atoms with Gasteiger partial charge in [0.15, 0.2) is 0 Å². The molecule has 0 unspecified atom stereocenters. The van der Waals surface area contributed by atoms with E-state index >= 15 is 0 Å². The van der Waals surface area contributed by atoms with Gasteiger partial charge in [-0.3, -0.25) is 0 Å². The van der Waals surface area contributed by atoms with Crippen LogP contribution in [0.2, 0.25) is 0 Å². The van der Waals surface area contributed by atoms with Crippen LogP contribution < -0.4 is 4.72 Å². The van der Waals surface area contributed by atoms with Crippen molar-refractivity contribution in [3.63, 3.8) is 0 Å². The molecule has 0 aliphatic carbocycles. The van der Waals surface area contributed by atoms with Gasteiger partial charge in [-0.05, 0) is 6.42 Å². The molecule has 0 radical (unpaired) electrons. The average molecular weight is 208 g/mol. The third kappa shape index (κ3) is 2.19. The predicted molar refractivity (Wildman–Crippen MR) is 49.4 cm³/mol. The highest BCUT2D eigenvalue weighted by molar-refractivity contribution is 7.87. The zero-order valence-electron chi connectivity index (χ0n) is 7.95. The molecule has 1 saturated heterocycles. The number of nitrogens with one attached hydrogen (secondary N) is 1. The van der Waals surface area contributed by atoms with Crippen molar-refractivity contribution < 1.29 is 13.5 Å². The summed E-state index contributed by atoms with van der Waals surface area (Å²) in [7, 11) is -1.96. The lowest BCUT2D eigenvalue weighted by Gasteiger charge is -2.44. The Morgan fingerprint density at radius 1 is 1.54 bits per heavy atom. The van der Waals surface area contributed by atoms with Crippen LogP contribution in [0.15, 0.2) is 0 Å². The Morgan fingerprint density at radius 2 is 2.08 bits per heavy atom. The molecule has 6 heteroatoms. The minimum Gasteiger partial charge on any atom is -0.387 e. The third-order valence-corrected chi connectivity index (χ3v) is 3.71. The zero-order chi connectivity index (χ0) is 10.1. The van der Waals surface area contributed by atoms with Gasteiger partial charge in [-0.2, -0.15) is 12.7 Å². The number of nitrogens with zero attached hydrogens (tertiary/aromatic N) is 1. The lowest BCUT2D eigenvalue weighted by Crippen LogP contribution is -2.64. The summed E-state index contributed by atoms with van der Waals surface area (Å²) in [6, 6.07) is 0. The Kier molecular flexibility index (Phi) is 2.96. The van der Waals surface area contributed by atoms with Crippen molar-refractivity contribution in [3.8, 4) is 0 Å². The molecule has 5 nitrogen and oxygen atoms in total. The monoisotopic (exact) mass is 208 g/mol. The van der Waals surface area contributed by atoms with Gasteiger partial charge in [0.2, 0.25) is 0 Å². The first kappa shape index (κ1) is 10.9. The number of hydrogen-bond donors (Lipinski definition) is 2. The summed E-state index contributed by atoms with van der Waals surface area (Å²) in [5.74, 6) is 0. The summed E-state index contributed by atoms with van der Waals surface area (Å²) < 4.78 is 25.8. The Balaban J connectivity index is 2.50. The highest BCUT2D eigenvalue weighted by Crippen LogP contribution is 2.27. The van der Waals surface area contributed by atoms with Crippen molar-refractivity contribution in [2.75, 3.05) is 20.1 Å². The summed E-state index contributed by atoms with van der Waals surface area (Å²) in [6.45, 7) is 2.39. The number of hydrogen-bond acceptors (Lipinski definition) is 3. The fourth-order valence-electron chi connectivity index (χ4n) is 1.53. The van der Waals surface area contributed by atoms with Crippen LogP contribution in [0.5, 0.6) is 0 Å². The highest BCUT2D eigenvalue weighted by atomic mass is 32.2. The van der Waals surface area contributed by atoms with Gasteiger partial charge < -0.3 is 5.11 Å². The summed E-state index contributed by atoms with van der Waals surface area (Å²) in [4.78, 5) is 0. The zero-order valence-corrected chi connectivity index (χ0v) is 8.76. The van der Waals surface area contributed by atoms with Crippen LogP contribution in [0, 0.1) is 0 Å². The molecular formula is C7H16N2O3S. The van der Waals surface area contributed by atoms with E-state index in [0.29, 0.717) is 6.42 Å². The maximum absolute atomic E-state index is 11.2. The molecule has 1 aliphatic rings. The summed E-state index contributed by atoms with van der Waals surface area (Å²) in [5, 5.41) is 9.71. The van der Waals surface area contributed by atoms with E-state index in [0.717, 1.165) is 6.42 Å². The van der Waals surface area contributed by atoms with E-state index in [1.165, 1.54) is 11.4 Å². The smallest absolute Gasteiger partial charge is 0.279 e. The fraction of sp³-hybridized carbons (Fsp3) is 1.00. The van der Waals surface area contributed by atoms with E-state index in [-0.39, 0.29) is 13.1 Å². The molecule has 0 atom stereocenters. The second-order valence-electron chi connectivity index (χ2n) is 3.45. The van der Waals surface area contributed by atoms with E-state index in [4.69, 9.17) is 0 Å². The van der Waals surface area contributed by atoms with E-state index in [9.17, 15) is 13.5 Å². The lowest BCUT2D eigenvalue weighted by molar-refractivity contribution is -0.0657. The first-order valence-electron chi connectivity index (χ1n) is 4.34. The third-order valence-electron chi connectivity index (χ3n) is 2.25. The van der Waals surface area contributed by atoms with E-state index < -0.39 is 15.8 Å². The molecule has 78 valence electrons. The van der Waals surface area contributed by atoms with Gasteiger partial charge in [-0.15, -0.1) is 0 Å². The van der Waals surface area contributed by atoms with Gasteiger partial charge in [0.25, 0.3) is 10.2 Å². The maximum Gasteiger partial charge on any atom is 0.279 e. The van der Waals surface area contributed by atoms with Gasteiger partial charge >= 0.3 is 0 Å². The van der Waals surface area contributed by atoms with Gasteiger partial charge in [0.1, 0.15) is 0 Å². The Hall–Kier alpha value is -0.170. The van der Waals surface area contributed by atoms with Crippen molar-refractivity contribution >= 4 is 10.2 Å². The second-order valence-corrected chi connectivity index (χ2v) is 5.33. The molecule has 0 saturated carbocycles. The molecule has 1 rings (SSSR count). The Bertz CT molecular complexity index is 269. The number of aliphatic hydroxyl groups is 1. The molecule has 0 spiro atoms. The fourth-order valence-corrected chi connectivity index (χ4v) is 2.61. The molecule has 0 amide bonds. The van der Waals surface area contributed by atoms with Crippen LogP contribution >= 0.6 is 0 Å². The molecule has 2 N–H and O–H groups in total. The van der Waals surface area contributed by atoms with E-state index in [1.54, 1.807) is 0 Å². The van der Waals surface area contributed by atoms with Gasteiger partial charge in [0.05, 0.1) is 5.60 Å². The van der Waals surface area contributed by atoms with Crippen LogP contribution in [0.1, 0.15) is 19.8 Å². The molecule has 0 aromatic rings. The van der Waals surface area contributed by atoms with Crippen LogP contribution in [-0.4, -0.2) is 43.6 Å². The van der Waals surface area contributed by atoms with Crippen LogP contribution in [0.3, 0.4) is 0 Å². The summed E-state index contributed by atoms with van der Waals surface area (Å²) in [6.07, 6.45) is 1.52. The molecule has 1 aliphatic heterocycles. The summed E-state index contributed by atoms with van der Waals surface area (Å²) >= 11 is 0. The van der Waals surface area contributed by atoms with Gasteiger partial charge in [-0.25, -0.2) is 4.72 Å². The normalized spacial score (nSPS) is 22.7. The molecule has 1 fully saturated rings. The molecular weight excluding hydrogens is 192 g/mol. The molecule has 0 bridgehead atoms. The van der Waals surface area contributed by atoms with Gasteiger partial charge in [-0.1, -0.05) is 13.3 Å². The average Bonchev–Trinajstić information content (AvgIpc) is 2.00. The van der Waals surface area contributed by atoms with Crippen molar-refractivity contribution in [1.29, 1.82) is 0 Å². The molecule has 0 aromatic heterocycles. The maximum atomic E-state index is 11.2. The molecule has 13 heavy (non-hydrogen) atoms. The van der Waals surface area contributed by atoms with Crippen molar-refractivity contribution in [3.05, 3.63) is 0 Å². The molecule has 1 heterocycles. The van der Waals surface area contributed by atoms with Crippen molar-refractivity contribution in [1.82, 2.24) is 9.03 Å². The minimum atomic E-state index is -3.33.